The topological polar surface area (TPSA) is 121 Å². The van der Waals surface area contributed by atoms with E-state index in [2.05, 4.69) is 41.1 Å². The van der Waals surface area contributed by atoms with E-state index in [4.69, 9.17) is 29.3 Å². The number of carbonyl (C=O) groups is 1. The number of methoxy groups -OCH3 is 1. The van der Waals surface area contributed by atoms with Gasteiger partial charge in [0.25, 0.3) is 0 Å². The third kappa shape index (κ3) is 6.80. The largest absolute Gasteiger partial charge is 0.496 e. The van der Waals surface area contributed by atoms with Crippen LogP contribution in [0.1, 0.15) is 36.1 Å². The maximum atomic E-state index is 13.2. The number of likely N-dealkylation sites (tertiary alicyclic amines) is 1. The van der Waals surface area contributed by atoms with Crippen molar-refractivity contribution in [1.82, 2.24) is 29.4 Å². The van der Waals surface area contributed by atoms with Crippen LogP contribution in [0.15, 0.2) is 72.9 Å². The van der Waals surface area contributed by atoms with Crippen molar-refractivity contribution in [3.05, 3.63) is 89.7 Å². The minimum atomic E-state index is -0.437. The lowest BCUT2D eigenvalue weighted by molar-refractivity contribution is 0.0768. The summed E-state index contributed by atoms with van der Waals surface area (Å²) >= 11 is 0. The fraction of sp³-hybridized carbons (Fsp3) is 0.378. The van der Waals surface area contributed by atoms with E-state index < -0.39 is 12.1 Å². The molecule has 0 saturated carbocycles. The zero-order chi connectivity index (χ0) is 33.7. The number of anilines is 1. The summed E-state index contributed by atoms with van der Waals surface area (Å²) < 4.78 is 19.6. The van der Waals surface area contributed by atoms with E-state index in [1.165, 1.54) is 0 Å². The lowest BCUT2D eigenvalue weighted by Gasteiger charge is -2.40. The van der Waals surface area contributed by atoms with Crippen LogP contribution in [-0.4, -0.2) is 94.5 Å². The molecule has 0 unspecified atom stereocenters. The van der Waals surface area contributed by atoms with E-state index in [1.807, 2.05) is 59.2 Å². The van der Waals surface area contributed by atoms with Crippen molar-refractivity contribution in [2.75, 3.05) is 51.8 Å². The Morgan fingerprint density at radius 2 is 1.86 bits per heavy atom. The Morgan fingerprint density at radius 3 is 2.65 bits per heavy atom. The zero-order valence-corrected chi connectivity index (χ0v) is 27.9. The van der Waals surface area contributed by atoms with E-state index in [0.717, 1.165) is 52.7 Å². The molecule has 5 aromatic rings. The first-order valence-corrected chi connectivity index (χ1v) is 16.7. The molecule has 0 aliphatic carbocycles. The van der Waals surface area contributed by atoms with Gasteiger partial charge in [0, 0.05) is 37.7 Å². The Bertz CT molecular complexity index is 1980. The predicted octanol–water partition coefficient (Wildman–Crippen LogP) is 5.09. The molecule has 4 heterocycles. The van der Waals surface area contributed by atoms with Crippen molar-refractivity contribution in [2.45, 2.75) is 44.4 Å². The highest BCUT2D eigenvalue weighted by Gasteiger charge is 2.34. The lowest BCUT2D eigenvalue weighted by Crippen LogP contribution is -2.55. The summed E-state index contributed by atoms with van der Waals surface area (Å²) in [6, 6.07) is 24.3. The van der Waals surface area contributed by atoms with Gasteiger partial charge in [-0.25, -0.2) is 14.3 Å². The number of nitrogens with zero attached hydrogens (tertiary/aromatic N) is 8. The molecule has 1 amide bonds. The summed E-state index contributed by atoms with van der Waals surface area (Å²) in [5.41, 5.74) is 3.37. The number of benzene rings is 3. The SMILES string of the molecule is COc1ccc2ccccc2c1Cc1cnc2c(N3CCN(C(=O)OCc4ccccc4)[C@@H](CC#N)C3)nc(OC[C@@H]3CCCN3C)nn12. The number of aromatic nitrogens is 4. The maximum absolute atomic E-state index is 13.2. The van der Waals surface area contributed by atoms with Gasteiger partial charge in [-0.05, 0) is 48.8 Å². The summed E-state index contributed by atoms with van der Waals surface area (Å²) in [6.45, 7) is 2.89. The Balaban J connectivity index is 1.20. The second-order valence-corrected chi connectivity index (χ2v) is 12.6. The van der Waals surface area contributed by atoms with E-state index in [0.29, 0.717) is 44.1 Å². The number of hydrogen-bond donors (Lipinski definition) is 0. The molecule has 7 rings (SSSR count). The van der Waals surface area contributed by atoms with E-state index in [9.17, 15) is 10.1 Å². The molecule has 2 aliphatic heterocycles. The van der Waals surface area contributed by atoms with Crippen molar-refractivity contribution >= 4 is 28.3 Å². The smallest absolute Gasteiger partial charge is 0.410 e. The molecule has 49 heavy (non-hydrogen) atoms. The van der Waals surface area contributed by atoms with Crippen molar-refractivity contribution in [1.29, 1.82) is 5.26 Å². The third-order valence-electron chi connectivity index (χ3n) is 9.60. The van der Waals surface area contributed by atoms with E-state index in [1.54, 1.807) is 12.0 Å². The lowest BCUT2D eigenvalue weighted by atomic mass is 10.00. The normalized spacial score (nSPS) is 18.1. The van der Waals surface area contributed by atoms with Crippen LogP contribution in [0, 0.1) is 11.3 Å². The Morgan fingerprint density at radius 1 is 1.02 bits per heavy atom. The molecule has 2 fully saturated rings. The highest BCUT2D eigenvalue weighted by atomic mass is 16.6. The first-order chi connectivity index (χ1) is 24.0. The summed E-state index contributed by atoms with van der Waals surface area (Å²) in [7, 11) is 3.80. The number of imidazole rings is 1. The van der Waals surface area contributed by atoms with E-state index in [-0.39, 0.29) is 25.1 Å². The molecule has 2 aliphatic rings. The number of rotatable bonds is 10. The van der Waals surface area contributed by atoms with Gasteiger partial charge >= 0.3 is 12.1 Å². The Kier molecular flexibility index (Phi) is 9.43. The van der Waals surface area contributed by atoms with Crippen LogP contribution in [0.25, 0.3) is 16.4 Å². The molecule has 2 saturated heterocycles. The molecule has 0 bridgehead atoms. The highest BCUT2D eigenvalue weighted by Crippen LogP contribution is 2.32. The number of ether oxygens (including phenoxy) is 3. The molecular formula is C37H40N8O4. The number of likely N-dealkylation sites (N-methyl/N-ethyl adjacent to an activating group) is 1. The average molecular weight is 661 g/mol. The molecule has 2 atom stereocenters. The Hall–Kier alpha value is -5.41. The quantitative estimate of drug-likeness (QED) is 0.200. The number of carbonyl (C=O) groups excluding carboxylic acids is 1. The number of piperazine rings is 1. The summed E-state index contributed by atoms with van der Waals surface area (Å²) in [4.78, 5) is 29.0. The van der Waals surface area contributed by atoms with Gasteiger partial charge in [-0.15, -0.1) is 5.10 Å². The van der Waals surface area contributed by atoms with Crippen LogP contribution < -0.4 is 14.4 Å². The van der Waals surface area contributed by atoms with Crippen molar-refractivity contribution in [3.63, 3.8) is 0 Å². The van der Waals surface area contributed by atoms with Gasteiger partial charge in [0.15, 0.2) is 11.5 Å². The number of fused-ring (bicyclic) bond motifs is 2. The molecule has 3 aromatic carbocycles. The fourth-order valence-electron chi connectivity index (χ4n) is 6.89. The van der Waals surface area contributed by atoms with Gasteiger partial charge in [-0.3, -0.25) is 0 Å². The van der Waals surface area contributed by atoms with Gasteiger partial charge in [0.1, 0.15) is 19.0 Å². The van der Waals surface area contributed by atoms with Gasteiger partial charge < -0.3 is 28.9 Å². The molecular weight excluding hydrogens is 620 g/mol. The maximum Gasteiger partial charge on any atom is 0.410 e. The van der Waals surface area contributed by atoms with Gasteiger partial charge in [0.05, 0.1) is 37.5 Å². The summed E-state index contributed by atoms with van der Waals surface area (Å²) in [5.74, 6) is 1.39. The first kappa shape index (κ1) is 32.2. The monoisotopic (exact) mass is 660 g/mol. The minimum Gasteiger partial charge on any atom is -0.496 e. The number of amides is 1. The summed E-state index contributed by atoms with van der Waals surface area (Å²) in [6.07, 6.45) is 4.25. The van der Waals surface area contributed by atoms with Gasteiger partial charge in [-0.2, -0.15) is 10.2 Å². The van der Waals surface area contributed by atoms with Crippen LogP contribution in [0.2, 0.25) is 0 Å². The molecule has 12 nitrogen and oxygen atoms in total. The average Bonchev–Trinajstić information content (AvgIpc) is 3.75. The number of nitriles is 1. The van der Waals surface area contributed by atoms with Gasteiger partial charge in [-0.1, -0.05) is 60.7 Å². The second-order valence-electron chi connectivity index (χ2n) is 12.6. The highest BCUT2D eigenvalue weighted by molar-refractivity contribution is 5.88. The fourth-order valence-corrected chi connectivity index (χ4v) is 6.89. The molecule has 252 valence electrons. The molecule has 0 N–H and O–H groups in total. The van der Waals surface area contributed by atoms with Crippen LogP contribution in [0.3, 0.4) is 0 Å². The minimum absolute atomic E-state index is 0.149. The van der Waals surface area contributed by atoms with Gasteiger partial charge in [0.2, 0.25) is 0 Å². The van der Waals surface area contributed by atoms with E-state index >= 15 is 0 Å². The molecule has 0 spiro atoms. The number of hydrogen-bond acceptors (Lipinski definition) is 10. The predicted molar refractivity (Wildman–Crippen MR) is 185 cm³/mol. The second kappa shape index (κ2) is 14.4. The Labute approximate surface area is 285 Å². The third-order valence-corrected chi connectivity index (χ3v) is 9.60. The van der Waals surface area contributed by atoms with Crippen LogP contribution in [0.4, 0.5) is 10.6 Å². The standard InChI is InChI=1S/C37H40N8O4/c1-42-18-8-12-29(42)25-48-36-40-35(43-19-20-44(28(23-43)16-17-38)37(46)49-24-26-9-4-3-5-10-26)34-39-22-30(45(34)41-36)21-32-31-13-7-6-11-27(31)14-15-33(32)47-2/h3-7,9-11,13-15,22,28-29H,8,12,16,18-21,23-25H2,1-2H3/t28-,29-/m0/s1. The zero-order valence-electron chi connectivity index (χ0n) is 27.9. The van der Waals surface area contributed by atoms with Crippen LogP contribution in [0.5, 0.6) is 11.8 Å². The molecule has 0 radical (unpaired) electrons. The molecule has 12 heteroatoms. The van der Waals surface area contributed by atoms with Crippen LogP contribution >= 0.6 is 0 Å². The van der Waals surface area contributed by atoms with Crippen molar-refractivity contribution in [3.8, 4) is 17.8 Å². The molecule has 2 aromatic heterocycles. The van der Waals surface area contributed by atoms with Crippen molar-refractivity contribution < 1.29 is 19.0 Å². The van der Waals surface area contributed by atoms with Crippen molar-refractivity contribution in [2.24, 2.45) is 0 Å². The summed E-state index contributed by atoms with van der Waals surface area (Å²) in [5, 5.41) is 16.8. The first-order valence-electron chi connectivity index (χ1n) is 16.7. The van der Waals surface area contributed by atoms with Crippen LogP contribution in [-0.2, 0) is 17.8 Å².